The van der Waals surface area contributed by atoms with Crippen LogP contribution in [0.4, 0.5) is 10.1 Å². The van der Waals surface area contributed by atoms with Crippen molar-refractivity contribution in [3.63, 3.8) is 0 Å². The van der Waals surface area contributed by atoms with E-state index in [1.807, 2.05) is 19.1 Å². The van der Waals surface area contributed by atoms with Crippen LogP contribution in [-0.4, -0.2) is 20.1 Å². The molecule has 0 radical (unpaired) electrons. The molecule has 0 spiro atoms. The summed E-state index contributed by atoms with van der Waals surface area (Å²) in [5.74, 6) is 0.594. The number of anilines is 1. The van der Waals surface area contributed by atoms with E-state index < -0.39 is 5.82 Å². The van der Waals surface area contributed by atoms with Gasteiger partial charge in [0.1, 0.15) is 5.82 Å². The molecule has 4 nitrogen and oxygen atoms in total. The lowest BCUT2D eigenvalue weighted by Crippen LogP contribution is -2.13. The first-order chi connectivity index (χ1) is 11.0. The zero-order chi connectivity index (χ0) is 16.8. The second-order valence-electron chi connectivity index (χ2n) is 5.22. The Bertz CT molecular complexity index is 701. The first-order valence-corrected chi connectivity index (χ1v) is 7.30. The first kappa shape index (κ1) is 16.8. The van der Waals surface area contributed by atoms with E-state index in [-0.39, 0.29) is 18.0 Å². The van der Waals surface area contributed by atoms with Crippen LogP contribution in [0.25, 0.3) is 0 Å². The van der Waals surface area contributed by atoms with E-state index in [1.165, 1.54) is 6.07 Å². The van der Waals surface area contributed by atoms with Crippen molar-refractivity contribution in [2.45, 2.75) is 19.8 Å². The van der Waals surface area contributed by atoms with Crippen molar-refractivity contribution in [1.82, 2.24) is 0 Å². The molecule has 2 aromatic carbocycles. The van der Waals surface area contributed by atoms with Gasteiger partial charge in [-0.2, -0.15) is 0 Å². The molecule has 0 saturated carbocycles. The average molecular weight is 317 g/mol. The minimum Gasteiger partial charge on any atom is -0.493 e. The number of carbonyl (C=O) groups is 1. The zero-order valence-corrected chi connectivity index (χ0v) is 13.5. The van der Waals surface area contributed by atoms with Crippen LogP contribution in [0.15, 0.2) is 36.4 Å². The molecule has 0 unspecified atom stereocenters. The van der Waals surface area contributed by atoms with Crippen LogP contribution < -0.4 is 14.8 Å². The van der Waals surface area contributed by atoms with Crippen molar-refractivity contribution in [1.29, 1.82) is 0 Å². The van der Waals surface area contributed by atoms with E-state index in [1.54, 1.807) is 32.4 Å². The second-order valence-corrected chi connectivity index (χ2v) is 5.22. The van der Waals surface area contributed by atoms with Gasteiger partial charge in [-0.05, 0) is 48.7 Å². The predicted molar refractivity (Wildman–Crippen MR) is 87.6 cm³/mol. The monoisotopic (exact) mass is 317 g/mol. The van der Waals surface area contributed by atoms with Crippen LogP contribution in [0, 0.1) is 12.7 Å². The topological polar surface area (TPSA) is 47.6 Å². The van der Waals surface area contributed by atoms with E-state index in [9.17, 15) is 9.18 Å². The second kappa shape index (κ2) is 7.63. The number of benzene rings is 2. The molecule has 1 amide bonds. The predicted octanol–water partition coefficient (Wildman–Crippen LogP) is 3.72. The van der Waals surface area contributed by atoms with Gasteiger partial charge >= 0.3 is 0 Å². The van der Waals surface area contributed by atoms with Crippen molar-refractivity contribution in [3.8, 4) is 11.5 Å². The van der Waals surface area contributed by atoms with Gasteiger partial charge in [0.15, 0.2) is 11.5 Å². The third-order valence-corrected chi connectivity index (χ3v) is 3.48. The molecule has 0 aliphatic heterocycles. The molecular formula is C18H20FNO3. The van der Waals surface area contributed by atoms with Gasteiger partial charge in [0.05, 0.1) is 19.9 Å². The normalized spacial score (nSPS) is 10.3. The van der Waals surface area contributed by atoms with Gasteiger partial charge in [-0.15, -0.1) is 0 Å². The van der Waals surface area contributed by atoms with Crippen molar-refractivity contribution in [2.24, 2.45) is 0 Å². The maximum atomic E-state index is 13.6. The number of carbonyl (C=O) groups excluding carboxylic acids is 1. The van der Waals surface area contributed by atoms with Gasteiger partial charge in [0.25, 0.3) is 0 Å². The van der Waals surface area contributed by atoms with E-state index >= 15 is 0 Å². The average Bonchev–Trinajstić information content (AvgIpc) is 2.56. The molecule has 5 heteroatoms. The summed E-state index contributed by atoms with van der Waals surface area (Å²) in [6.07, 6.45) is 0.780. The molecule has 0 bridgehead atoms. The highest BCUT2D eigenvalue weighted by atomic mass is 19.1. The summed E-state index contributed by atoms with van der Waals surface area (Å²) >= 11 is 0. The molecule has 2 aromatic rings. The molecule has 0 aromatic heterocycles. The number of ether oxygens (including phenoxy) is 2. The fourth-order valence-corrected chi connectivity index (χ4v) is 2.24. The lowest BCUT2D eigenvalue weighted by Gasteiger charge is -2.10. The fourth-order valence-electron chi connectivity index (χ4n) is 2.24. The highest BCUT2D eigenvalue weighted by Gasteiger charge is 2.09. The molecule has 1 N–H and O–H groups in total. The number of amides is 1. The maximum Gasteiger partial charge on any atom is 0.224 e. The summed E-state index contributed by atoms with van der Waals surface area (Å²) in [6.45, 7) is 1.85. The number of methoxy groups -OCH3 is 2. The Morgan fingerprint density at radius 1 is 1.09 bits per heavy atom. The van der Waals surface area contributed by atoms with Crippen LogP contribution >= 0.6 is 0 Å². The third-order valence-electron chi connectivity index (χ3n) is 3.48. The zero-order valence-electron chi connectivity index (χ0n) is 13.5. The molecule has 0 heterocycles. The Labute approximate surface area is 135 Å². The molecule has 23 heavy (non-hydrogen) atoms. The summed E-state index contributed by atoms with van der Waals surface area (Å²) in [5, 5.41) is 2.60. The Balaban J connectivity index is 1.98. The summed E-state index contributed by atoms with van der Waals surface area (Å²) < 4.78 is 24.0. The Morgan fingerprint density at radius 2 is 1.83 bits per heavy atom. The lowest BCUT2D eigenvalue weighted by atomic mass is 10.1. The fraction of sp³-hybridized carbons (Fsp3) is 0.278. The minimum absolute atomic E-state index is 0.210. The van der Waals surface area contributed by atoms with E-state index in [4.69, 9.17) is 9.47 Å². The van der Waals surface area contributed by atoms with Gasteiger partial charge in [0.2, 0.25) is 5.91 Å². The van der Waals surface area contributed by atoms with Gasteiger partial charge in [0, 0.05) is 6.42 Å². The van der Waals surface area contributed by atoms with Crippen LogP contribution in [-0.2, 0) is 11.2 Å². The highest BCUT2D eigenvalue weighted by molar-refractivity contribution is 5.91. The number of hydrogen-bond donors (Lipinski definition) is 1. The van der Waals surface area contributed by atoms with Gasteiger partial charge in [-0.25, -0.2) is 4.39 Å². The summed E-state index contributed by atoms with van der Waals surface area (Å²) in [7, 11) is 3.14. The number of aryl methyl sites for hydroxylation is 2. The van der Waals surface area contributed by atoms with E-state index in [0.29, 0.717) is 17.9 Å². The van der Waals surface area contributed by atoms with Crippen molar-refractivity contribution in [2.75, 3.05) is 19.5 Å². The minimum atomic E-state index is -0.435. The van der Waals surface area contributed by atoms with Gasteiger partial charge in [-0.3, -0.25) is 4.79 Å². The Kier molecular flexibility index (Phi) is 5.57. The van der Waals surface area contributed by atoms with E-state index in [0.717, 1.165) is 11.1 Å². The van der Waals surface area contributed by atoms with Crippen LogP contribution in [0.5, 0.6) is 11.5 Å². The summed E-state index contributed by atoms with van der Waals surface area (Å²) in [5.41, 5.74) is 2.05. The molecule has 0 atom stereocenters. The van der Waals surface area contributed by atoms with Gasteiger partial charge < -0.3 is 14.8 Å². The summed E-state index contributed by atoms with van der Waals surface area (Å²) in [6, 6.07) is 10.1. The Morgan fingerprint density at radius 3 is 2.52 bits per heavy atom. The van der Waals surface area contributed by atoms with Crippen molar-refractivity contribution < 1.29 is 18.7 Å². The number of rotatable bonds is 6. The largest absolute Gasteiger partial charge is 0.493 e. The van der Waals surface area contributed by atoms with Crippen LogP contribution in [0.3, 0.4) is 0 Å². The standard InChI is InChI=1S/C18H20FNO3/c1-12-4-7-14(19)15(10-12)20-18(21)9-6-13-5-8-16(22-2)17(11-13)23-3/h4-5,7-8,10-11H,6,9H2,1-3H3,(H,20,21). The summed E-state index contributed by atoms with van der Waals surface area (Å²) in [4.78, 5) is 12.0. The van der Waals surface area contributed by atoms with Crippen LogP contribution in [0.2, 0.25) is 0 Å². The lowest BCUT2D eigenvalue weighted by molar-refractivity contribution is -0.116. The first-order valence-electron chi connectivity index (χ1n) is 7.30. The van der Waals surface area contributed by atoms with Gasteiger partial charge in [-0.1, -0.05) is 12.1 Å². The van der Waals surface area contributed by atoms with Crippen molar-refractivity contribution in [3.05, 3.63) is 53.3 Å². The quantitative estimate of drug-likeness (QED) is 0.883. The Hall–Kier alpha value is -2.56. The molecule has 122 valence electrons. The third kappa shape index (κ3) is 4.45. The molecular weight excluding hydrogens is 297 g/mol. The highest BCUT2D eigenvalue weighted by Crippen LogP contribution is 2.28. The number of halogens is 1. The SMILES string of the molecule is COc1ccc(CCC(=O)Nc2cc(C)ccc2F)cc1OC. The molecule has 0 aliphatic carbocycles. The molecule has 0 fully saturated rings. The smallest absolute Gasteiger partial charge is 0.224 e. The molecule has 2 rings (SSSR count). The van der Waals surface area contributed by atoms with Crippen LogP contribution in [0.1, 0.15) is 17.5 Å². The molecule has 0 aliphatic rings. The number of nitrogens with one attached hydrogen (secondary N) is 1. The van der Waals surface area contributed by atoms with Crippen molar-refractivity contribution >= 4 is 11.6 Å². The van der Waals surface area contributed by atoms with E-state index in [2.05, 4.69) is 5.32 Å². The number of hydrogen-bond acceptors (Lipinski definition) is 3. The maximum absolute atomic E-state index is 13.6. The molecule has 0 saturated heterocycles.